The highest BCUT2D eigenvalue weighted by Gasteiger charge is 2.14. The lowest BCUT2D eigenvalue weighted by Gasteiger charge is -2.30. The monoisotopic (exact) mass is 242 g/mol. The van der Waals surface area contributed by atoms with Crippen molar-refractivity contribution in [3.8, 4) is 0 Å². The van der Waals surface area contributed by atoms with E-state index in [1.807, 2.05) is 13.0 Å². The van der Waals surface area contributed by atoms with Crippen LogP contribution in [0.15, 0.2) is 29.1 Å². The van der Waals surface area contributed by atoms with Crippen LogP contribution in [0.2, 0.25) is 0 Å². The van der Waals surface area contributed by atoms with Crippen LogP contribution < -0.4 is 10.5 Å². The molecular formula is C15H18N2O. The third kappa shape index (κ3) is 1.90. The van der Waals surface area contributed by atoms with Gasteiger partial charge in [0.05, 0.1) is 5.52 Å². The minimum Gasteiger partial charge on any atom is -0.371 e. The van der Waals surface area contributed by atoms with Crippen molar-refractivity contribution in [1.29, 1.82) is 0 Å². The number of aryl methyl sites for hydroxylation is 1. The van der Waals surface area contributed by atoms with Gasteiger partial charge in [-0.1, -0.05) is 6.07 Å². The molecule has 0 radical (unpaired) electrons. The number of benzene rings is 1. The number of nitrogens with one attached hydrogen (secondary N) is 1. The zero-order valence-electron chi connectivity index (χ0n) is 10.7. The van der Waals surface area contributed by atoms with Crippen LogP contribution in [0.25, 0.3) is 10.9 Å². The maximum atomic E-state index is 11.5. The number of fused-ring (bicyclic) bond motifs is 1. The topological polar surface area (TPSA) is 36.1 Å². The normalized spacial score (nSPS) is 16.2. The molecular weight excluding hydrogens is 224 g/mol. The molecule has 1 aliphatic heterocycles. The molecule has 0 bridgehead atoms. The quantitative estimate of drug-likeness (QED) is 0.834. The van der Waals surface area contributed by atoms with Gasteiger partial charge in [-0.2, -0.15) is 0 Å². The van der Waals surface area contributed by atoms with Crippen LogP contribution in [-0.4, -0.2) is 18.1 Å². The van der Waals surface area contributed by atoms with Crippen molar-refractivity contribution in [3.63, 3.8) is 0 Å². The molecule has 2 heterocycles. The zero-order chi connectivity index (χ0) is 12.5. The fourth-order valence-corrected chi connectivity index (χ4v) is 2.79. The summed E-state index contributed by atoms with van der Waals surface area (Å²) in [5, 5.41) is 1.16. The van der Waals surface area contributed by atoms with E-state index in [4.69, 9.17) is 0 Å². The van der Waals surface area contributed by atoms with E-state index >= 15 is 0 Å². The maximum absolute atomic E-state index is 11.5. The van der Waals surface area contributed by atoms with Crippen molar-refractivity contribution in [1.82, 2.24) is 4.98 Å². The molecule has 0 atom stereocenters. The summed E-state index contributed by atoms with van der Waals surface area (Å²) in [6, 6.07) is 7.85. The molecule has 1 N–H and O–H groups in total. The molecule has 1 fully saturated rings. The predicted molar refractivity (Wildman–Crippen MR) is 75.4 cm³/mol. The van der Waals surface area contributed by atoms with E-state index < -0.39 is 0 Å². The number of aromatic nitrogens is 1. The summed E-state index contributed by atoms with van der Waals surface area (Å²) in [7, 11) is 0. The second kappa shape index (κ2) is 4.48. The van der Waals surface area contributed by atoms with Crippen molar-refractivity contribution in [3.05, 3.63) is 40.2 Å². The van der Waals surface area contributed by atoms with Gasteiger partial charge in [0.1, 0.15) is 0 Å². The first kappa shape index (κ1) is 11.3. The summed E-state index contributed by atoms with van der Waals surface area (Å²) in [4.78, 5) is 16.8. The second-order valence-corrected chi connectivity index (χ2v) is 5.06. The zero-order valence-corrected chi connectivity index (χ0v) is 10.7. The predicted octanol–water partition coefficient (Wildman–Crippen LogP) is 2.83. The van der Waals surface area contributed by atoms with Crippen molar-refractivity contribution in [2.45, 2.75) is 26.2 Å². The van der Waals surface area contributed by atoms with Gasteiger partial charge in [0.2, 0.25) is 5.56 Å². The summed E-state index contributed by atoms with van der Waals surface area (Å²) >= 11 is 0. The first-order valence-corrected chi connectivity index (χ1v) is 6.63. The lowest BCUT2D eigenvalue weighted by Crippen LogP contribution is -2.29. The number of anilines is 1. The molecule has 0 saturated carbocycles. The number of hydrogen-bond donors (Lipinski definition) is 1. The molecule has 3 heteroatoms. The SMILES string of the molecule is Cc1ccc(N2CCCCC2)c2ccc(=O)[nH]c12. The molecule has 0 spiro atoms. The third-order valence-electron chi connectivity index (χ3n) is 3.78. The molecule has 1 aromatic carbocycles. The molecule has 0 unspecified atom stereocenters. The van der Waals surface area contributed by atoms with Crippen molar-refractivity contribution in [2.24, 2.45) is 0 Å². The van der Waals surface area contributed by atoms with Crippen LogP contribution >= 0.6 is 0 Å². The van der Waals surface area contributed by atoms with E-state index in [0.29, 0.717) is 0 Å². The van der Waals surface area contributed by atoms with Gasteiger partial charge in [0.25, 0.3) is 0 Å². The second-order valence-electron chi connectivity index (χ2n) is 5.06. The Bertz CT molecular complexity index is 624. The largest absolute Gasteiger partial charge is 0.371 e. The summed E-state index contributed by atoms with van der Waals surface area (Å²) in [6.45, 7) is 4.28. The van der Waals surface area contributed by atoms with Gasteiger partial charge in [0, 0.05) is 30.2 Å². The first-order chi connectivity index (χ1) is 8.75. The average molecular weight is 242 g/mol. The van der Waals surface area contributed by atoms with Crippen LogP contribution in [0.5, 0.6) is 0 Å². The number of piperidine rings is 1. The standard InChI is InChI=1S/C15H18N2O/c1-11-5-7-13(17-9-3-2-4-10-17)12-6-8-14(18)16-15(11)12/h5-8H,2-4,9-10H2,1H3,(H,16,18). The van der Waals surface area contributed by atoms with Crippen LogP contribution in [-0.2, 0) is 0 Å². The van der Waals surface area contributed by atoms with Crippen LogP contribution in [0.3, 0.4) is 0 Å². The van der Waals surface area contributed by atoms with E-state index in [9.17, 15) is 4.79 Å². The molecule has 3 nitrogen and oxygen atoms in total. The number of rotatable bonds is 1. The Morgan fingerprint density at radius 3 is 2.61 bits per heavy atom. The van der Waals surface area contributed by atoms with Gasteiger partial charge < -0.3 is 9.88 Å². The molecule has 1 saturated heterocycles. The summed E-state index contributed by atoms with van der Waals surface area (Å²) in [6.07, 6.45) is 3.86. The maximum Gasteiger partial charge on any atom is 0.248 e. The fraction of sp³-hybridized carbons (Fsp3) is 0.400. The number of aromatic amines is 1. The van der Waals surface area contributed by atoms with E-state index in [2.05, 4.69) is 22.0 Å². The molecule has 94 valence electrons. The van der Waals surface area contributed by atoms with Gasteiger partial charge in [0.15, 0.2) is 0 Å². The number of H-pyrrole nitrogens is 1. The summed E-state index contributed by atoms with van der Waals surface area (Å²) < 4.78 is 0. The van der Waals surface area contributed by atoms with E-state index in [1.165, 1.54) is 24.9 Å². The van der Waals surface area contributed by atoms with E-state index in [-0.39, 0.29) is 5.56 Å². The Kier molecular flexibility index (Phi) is 2.82. The third-order valence-corrected chi connectivity index (χ3v) is 3.78. The molecule has 18 heavy (non-hydrogen) atoms. The minimum absolute atomic E-state index is 0.0265. The lowest BCUT2D eigenvalue weighted by molar-refractivity contribution is 0.579. The summed E-state index contributed by atoms with van der Waals surface area (Å²) in [5.74, 6) is 0. The lowest BCUT2D eigenvalue weighted by atomic mass is 10.1. The molecule has 1 aromatic heterocycles. The molecule has 2 aromatic rings. The average Bonchev–Trinajstić information content (AvgIpc) is 2.41. The number of nitrogens with zero attached hydrogens (tertiary/aromatic N) is 1. The number of pyridine rings is 1. The molecule has 3 rings (SSSR count). The highest BCUT2D eigenvalue weighted by atomic mass is 16.1. The van der Waals surface area contributed by atoms with E-state index in [0.717, 1.165) is 29.6 Å². The van der Waals surface area contributed by atoms with E-state index in [1.54, 1.807) is 6.07 Å². The summed E-state index contributed by atoms with van der Waals surface area (Å²) in [5.41, 5.74) is 3.34. The highest BCUT2D eigenvalue weighted by Crippen LogP contribution is 2.29. The Balaban J connectivity index is 2.17. The molecule has 0 aliphatic carbocycles. The Morgan fingerprint density at radius 2 is 1.83 bits per heavy atom. The molecule has 1 aliphatic rings. The minimum atomic E-state index is -0.0265. The van der Waals surface area contributed by atoms with Crippen molar-refractivity contribution in [2.75, 3.05) is 18.0 Å². The molecule has 0 amide bonds. The Morgan fingerprint density at radius 1 is 1.06 bits per heavy atom. The van der Waals surface area contributed by atoms with Crippen molar-refractivity contribution >= 4 is 16.6 Å². The van der Waals surface area contributed by atoms with Crippen LogP contribution in [0.4, 0.5) is 5.69 Å². The fourth-order valence-electron chi connectivity index (χ4n) is 2.79. The highest BCUT2D eigenvalue weighted by molar-refractivity contribution is 5.93. The van der Waals surface area contributed by atoms with Gasteiger partial charge in [-0.15, -0.1) is 0 Å². The number of hydrogen-bond acceptors (Lipinski definition) is 2. The van der Waals surface area contributed by atoms with Gasteiger partial charge in [-0.3, -0.25) is 4.79 Å². The first-order valence-electron chi connectivity index (χ1n) is 6.63. The Labute approximate surface area is 106 Å². The van der Waals surface area contributed by atoms with Crippen LogP contribution in [0, 0.1) is 6.92 Å². The van der Waals surface area contributed by atoms with Gasteiger partial charge in [-0.05, 0) is 43.9 Å². The van der Waals surface area contributed by atoms with Crippen LogP contribution in [0.1, 0.15) is 24.8 Å². The van der Waals surface area contributed by atoms with Gasteiger partial charge >= 0.3 is 0 Å². The Hall–Kier alpha value is -1.77. The smallest absolute Gasteiger partial charge is 0.248 e. The van der Waals surface area contributed by atoms with Crippen molar-refractivity contribution < 1.29 is 0 Å². The van der Waals surface area contributed by atoms with Gasteiger partial charge in [-0.25, -0.2) is 0 Å².